The number of aromatic nitrogens is 1. The van der Waals surface area contributed by atoms with Crippen molar-refractivity contribution in [1.82, 2.24) is 15.8 Å². The van der Waals surface area contributed by atoms with E-state index in [1.54, 1.807) is 6.26 Å². The molecular formula is C18H26N4O2. The lowest BCUT2D eigenvalue weighted by atomic mass is 10.1. The van der Waals surface area contributed by atoms with Gasteiger partial charge in [-0.3, -0.25) is 0 Å². The molecule has 0 fully saturated rings. The molecule has 0 spiro atoms. The van der Waals surface area contributed by atoms with Gasteiger partial charge < -0.3 is 19.6 Å². The minimum atomic E-state index is 0.346. The second-order valence-corrected chi connectivity index (χ2v) is 6.10. The summed E-state index contributed by atoms with van der Waals surface area (Å²) in [5.41, 5.74) is 1.99. The molecule has 0 unspecified atom stereocenters. The van der Waals surface area contributed by atoms with Crippen LogP contribution in [0.25, 0.3) is 0 Å². The van der Waals surface area contributed by atoms with E-state index in [4.69, 9.17) is 8.94 Å². The summed E-state index contributed by atoms with van der Waals surface area (Å²) in [4.78, 5) is 4.55. The van der Waals surface area contributed by atoms with E-state index in [1.807, 2.05) is 25.1 Å². The molecule has 6 nitrogen and oxygen atoms in total. The average Bonchev–Trinajstić information content (AvgIpc) is 3.20. The second kappa shape index (κ2) is 8.96. The molecular weight excluding hydrogens is 304 g/mol. The highest BCUT2D eigenvalue weighted by Crippen LogP contribution is 2.14. The van der Waals surface area contributed by atoms with Gasteiger partial charge in [-0.15, -0.1) is 0 Å². The lowest BCUT2D eigenvalue weighted by Crippen LogP contribution is -2.39. The molecule has 0 radical (unpaired) electrons. The summed E-state index contributed by atoms with van der Waals surface area (Å²) in [5.74, 6) is 2.76. The maximum Gasteiger partial charge on any atom is 0.191 e. The lowest BCUT2D eigenvalue weighted by molar-refractivity contribution is 0.376. The number of furan rings is 1. The first-order valence-electron chi connectivity index (χ1n) is 8.19. The van der Waals surface area contributed by atoms with Crippen molar-refractivity contribution in [2.75, 3.05) is 13.1 Å². The number of hydrogen-bond donors (Lipinski definition) is 2. The Bertz CT molecular complexity index is 656. The van der Waals surface area contributed by atoms with Crippen molar-refractivity contribution < 1.29 is 8.94 Å². The van der Waals surface area contributed by atoms with Crippen molar-refractivity contribution in [1.29, 1.82) is 0 Å². The Morgan fingerprint density at radius 2 is 2.17 bits per heavy atom. The van der Waals surface area contributed by atoms with Crippen molar-refractivity contribution in [3.05, 3.63) is 53.8 Å². The van der Waals surface area contributed by atoms with Crippen molar-refractivity contribution in [3.8, 4) is 0 Å². The Morgan fingerprint density at radius 1 is 1.33 bits per heavy atom. The van der Waals surface area contributed by atoms with E-state index in [2.05, 4.69) is 41.2 Å². The Hall–Kier alpha value is -2.50. The number of hydrogen-bond acceptors (Lipinski definition) is 4. The van der Waals surface area contributed by atoms with Crippen LogP contribution < -0.4 is 10.6 Å². The largest absolute Gasteiger partial charge is 0.469 e. The van der Waals surface area contributed by atoms with Crippen LogP contribution in [0.4, 0.5) is 0 Å². The summed E-state index contributed by atoms with van der Waals surface area (Å²) in [6.45, 7) is 11.9. The molecule has 24 heavy (non-hydrogen) atoms. The van der Waals surface area contributed by atoms with Gasteiger partial charge in [-0.1, -0.05) is 31.2 Å². The smallest absolute Gasteiger partial charge is 0.191 e. The van der Waals surface area contributed by atoms with Gasteiger partial charge in [0.05, 0.1) is 12.0 Å². The van der Waals surface area contributed by atoms with E-state index in [-0.39, 0.29) is 0 Å². The van der Waals surface area contributed by atoms with Crippen molar-refractivity contribution in [3.63, 3.8) is 0 Å². The molecule has 0 atom stereocenters. The molecule has 130 valence electrons. The molecule has 0 aliphatic carbocycles. The molecule has 2 N–H and O–H groups in total. The van der Waals surface area contributed by atoms with E-state index < -0.39 is 0 Å². The Morgan fingerprint density at radius 3 is 2.79 bits per heavy atom. The lowest BCUT2D eigenvalue weighted by Gasteiger charge is -2.11. The van der Waals surface area contributed by atoms with Gasteiger partial charge in [-0.25, -0.2) is 4.99 Å². The van der Waals surface area contributed by atoms with Crippen LogP contribution in [-0.2, 0) is 13.0 Å². The second-order valence-electron chi connectivity index (χ2n) is 6.10. The van der Waals surface area contributed by atoms with Gasteiger partial charge in [0.1, 0.15) is 12.3 Å². The minimum Gasteiger partial charge on any atom is -0.469 e. The molecule has 0 amide bonds. The van der Waals surface area contributed by atoms with Gasteiger partial charge in [-0.2, -0.15) is 0 Å². The van der Waals surface area contributed by atoms with Crippen LogP contribution >= 0.6 is 0 Å². The number of nitrogens with one attached hydrogen (secondary N) is 2. The van der Waals surface area contributed by atoms with E-state index in [1.165, 1.54) is 0 Å². The summed E-state index contributed by atoms with van der Waals surface area (Å²) in [6.07, 6.45) is 2.47. The number of nitrogens with zero attached hydrogens (tertiary/aromatic N) is 2. The fraction of sp³-hybridized carbons (Fsp3) is 0.444. The van der Waals surface area contributed by atoms with Crippen LogP contribution in [0.3, 0.4) is 0 Å². The van der Waals surface area contributed by atoms with E-state index in [0.29, 0.717) is 25.0 Å². The summed E-state index contributed by atoms with van der Waals surface area (Å²) in [7, 11) is 0. The zero-order valence-corrected chi connectivity index (χ0v) is 14.6. The highest BCUT2D eigenvalue weighted by molar-refractivity contribution is 5.80. The fourth-order valence-electron chi connectivity index (χ4n) is 2.00. The van der Waals surface area contributed by atoms with Crippen molar-refractivity contribution >= 4 is 5.96 Å². The molecule has 2 aromatic rings. The number of rotatable bonds is 8. The fourth-order valence-corrected chi connectivity index (χ4v) is 2.00. The molecule has 2 rings (SSSR count). The Balaban J connectivity index is 1.91. The molecule has 0 bridgehead atoms. The molecule has 0 aliphatic heterocycles. The first kappa shape index (κ1) is 17.8. The van der Waals surface area contributed by atoms with Crippen LogP contribution in [0.5, 0.6) is 0 Å². The molecule has 0 aromatic carbocycles. The first-order chi connectivity index (χ1) is 11.5. The summed E-state index contributed by atoms with van der Waals surface area (Å²) in [5, 5.41) is 10.6. The quantitative estimate of drug-likeness (QED) is 0.441. The van der Waals surface area contributed by atoms with Crippen molar-refractivity contribution in [2.24, 2.45) is 4.99 Å². The van der Waals surface area contributed by atoms with E-state index in [9.17, 15) is 0 Å². The Labute approximate surface area is 143 Å². The molecule has 2 aromatic heterocycles. The predicted molar refractivity (Wildman–Crippen MR) is 95.0 cm³/mol. The molecule has 0 saturated carbocycles. The van der Waals surface area contributed by atoms with Crippen LogP contribution in [0, 0.1) is 0 Å². The summed E-state index contributed by atoms with van der Waals surface area (Å²) in [6, 6.07) is 5.80. The van der Waals surface area contributed by atoms with Crippen LogP contribution in [0.2, 0.25) is 0 Å². The van der Waals surface area contributed by atoms with Gasteiger partial charge in [0.2, 0.25) is 0 Å². The van der Waals surface area contributed by atoms with Gasteiger partial charge >= 0.3 is 0 Å². The van der Waals surface area contributed by atoms with Gasteiger partial charge in [0.15, 0.2) is 11.7 Å². The average molecular weight is 330 g/mol. The van der Waals surface area contributed by atoms with E-state index >= 15 is 0 Å². The van der Waals surface area contributed by atoms with Crippen molar-refractivity contribution in [2.45, 2.75) is 39.7 Å². The molecule has 6 heteroatoms. The number of guanidine groups is 1. The molecule has 0 aliphatic rings. The molecule has 0 saturated heterocycles. The summed E-state index contributed by atoms with van der Waals surface area (Å²) >= 11 is 0. The Kier molecular flexibility index (Phi) is 6.66. The molecule has 2 heterocycles. The monoisotopic (exact) mass is 330 g/mol. The highest BCUT2D eigenvalue weighted by Gasteiger charge is 2.07. The van der Waals surface area contributed by atoms with Gasteiger partial charge in [0, 0.05) is 25.6 Å². The highest BCUT2D eigenvalue weighted by atomic mass is 16.5. The standard InChI is InChI=1S/C18H26N4O2/c1-13(2)11-20-18(19-8-7-15-6-5-9-23-15)21-12-16-10-17(14(3)4)22-24-16/h5-6,9-10,14H,1,7-8,11-12H2,2-4H3,(H2,19,20,21). The van der Waals surface area contributed by atoms with Gasteiger partial charge in [0.25, 0.3) is 0 Å². The minimum absolute atomic E-state index is 0.346. The third-order valence-corrected chi connectivity index (χ3v) is 3.36. The third kappa shape index (κ3) is 5.95. The zero-order valence-electron chi connectivity index (χ0n) is 14.6. The van der Waals surface area contributed by atoms with Crippen LogP contribution in [-0.4, -0.2) is 24.2 Å². The maximum atomic E-state index is 5.33. The number of aliphatic imine (C=N–C) groups is 1. The van der Waals surface area contributed by atoms with Crippen LogP contribution in [0.15, 0.2) is 50.5 Å². The summed E-state index contributed by atoms with van der Waals surface area (Å²) < 4.78 is 10.7. The normalized spacial score (nSPS) is 11.8. The zero-order chi connectivity index (χ0) is 17.4. The first-order valence-corrected chi connectivity index (χ1v) is 8.19. The maximum absolute atomic E-state index is 5.33. The van der Waals surface area contributed by atoms with E-state index in [0.717, 1.165) is 35.8 Å². The topological polar surface area (TPSA) is 75.6 Å². The third-order valence-electron chi connectivity index (χ3n) is 3.36. The van der Waals surface area contributed by atoms with Gasteiger partial charge in [-0.05, 0) is 25.0 Å². The SMILES string of the molecule is C=C(C)CNC(=NCc1cc(C(C)C)no1)NCCc1ccco1. The predicted octanol–water partition coefficient (Wildman–Crippen LogP) is 3.25. The van der Waals surface area contributed by atoms with Crippen LogP contribution in [0.1, 0.15) is 43.9 Å².